The van der Waals surface area contributed by atoms with Gasteiger partial charge < -0.3 is 9.64 Å². The van der Waals surface area contributed by atoms with E-state index in [4.69, 9.17) is 16.3 Å². The number of alkyl halides is 1. The molecule has 4 heteroatoms. The van der Waals surface area contributed by atoms with Crippen molar-refractivity contribution in [2.45, 2.75) is 65.6 Å². The SMILES string of the molecule is CC1CN(C(=O)C2CCC(C(C)(C)C)CC2)CC(CCl)O1. The lowest BCUT2D eigenvalue weighted by molar-refractivity contribution is -0.148. The molecular weight excluding hydrogens is 286 g/mol. The molecule has 2 rings (SSSR count). The summed E-state index contributed by atoms with van der Waals surface area (Å²) >= 11 is 5.91. The first-order valence-electron chi connectivity index (χ1n) is 8.31. The van der Waals surface area contributed by atoms with E-state index < -0.39 is 0 Å². The number of ether oxygens (including phenoxy) is 1. The fourth-order valence-electron chi connectivity index (χ4n) is 3.78. The third-order valence-corrected chi connectivity index (χ3v) is 5.46. The maximum absolute atomic E-state index is 12.7. The number of carbonyl (C=O) groups excluding carboxylic acids is 1. The normalized spacial score (nSPS) is 34.8. The van der Waals surface area contributed by atoms with Crippen molar-refractivity contribution >= 4 is 17.5 Å². The topological polar surface area (TPSA) is 29.5 Å². The Bertz CT molecular complexity index is 358. The number of hydrogen-bond acceptors (Lipinski definition) is 2. The van der Waals surface area contributed by atoms with Crippen LogP contribution >= 0.6 is 11.6 Å². The third kappa shape index (κ3) is 4.35. The molecule has 0 radical (unpaired) electrons. The summed E-state index contributed by atoms with van der Waals surface area (Å²) in [5.74, 6) is 1.75. The second-order valence-corrected chi connectivity index (χ2v) is 8.19. The third-order valence-electron chi connectivity index (χ3n) is 5.11. The van der Waals surface area contributed by atoms with E-state index in [0.717, 1.165) is 18.8 Å². The monoisotopic (exact) mass is 315 g/mol. The van der Waals surface area contributed by atoms with Crippen molar-refractivity contribution < 1.29 is 9.53 Å². The van der Waals surface area contributed by atoms with E-state index in [1.807, 2.05) is 11.8 Å². The van der Waals surface area contributed by atoms with Crippen LogP contribution in [0.15, 0.2) is 0 Å². The number of carbonyl (C=O) groups is 1. The molecule has 1 saturated carbocycles. The molecule has 1 aliphatic carbocycles. The van der Waals surface area contributed by atoms with Gasteiger partial charge in [-0.25, -0.2) is 0 Å². The van der Waals surface area contributed by atoms with Crippen LogP contribution in [0.25, 0.3) is 0 Å². The van der Waals surface area contributed by atoms with E-state index in [2.05, 4.69) is 20.8 Å². The fraction of sp³-hybridized carbons (Fsp3) is 0.941. The Morgan fingerprint density at radius 3 is 2.33 bits per heavy atom. The van der Waals surface area contributed by atoms with Crippen molar-refractivity contribution in [3.8, 4) is 0 Å². The summed E-state index contributed by atoms with van der Waals surface area (Å²) < 4.78 is 5.74. The number of nitrogens with zero attached hydrogens (tertiary/aromatic N) is 1. The summed E-state index contributed by atoms with van der Waals surface area (Å²) in [6.07, 6.45) is 4.52. The fourth-order valence-corrected chi connectivity index (χ4v) is 3.95. The van der Waals surface area contributed by atoms with Crippen LogP contribution in [0.4, 0.5) is 0 Å². The molecule has 3 nitrogen and oxygen atoms in total. The lowest BCUT2D eigenvalue weighted by Crippen LogP contribution is -2.51. The molecule has 2 aliphatic rings. The highest BCUT2D eigenvalue weighted by atomic mass is 35.5. The highest BCUT2D eigenvalue weighted by molar-refractivity contribution is 6.18. The number of amides is 1. The molecule has 1 heterocycles. The van der Waals surface area contributed by atoms with E-state index in [-0.39, 0.29) is 18.1 Å². The van der Waals surface area contributed by atoms with Crippen molar-refractivity contribution in [2.75, 3.05) is 19.0 Å². The average Bonchev–Trinajstić information content (AvgIpc) is 2.45. The Labute approximate surface area is 134 Å². The number of hydrogen-bond donors (Lipinski definition) is 0. The second-order valence-electron chi connectivity index (χ2n) is 7.88. The Morgan fingerprint density at radius 1 is 1.19 bits per heavy atom. The maximum Gasteiger partial charge on any atom is 0.225 e. The second kappa shape index (κ2) is 6.87. The van der Waals surface area contributed by atoms with Crippen molar-refractivity contribution in [3.05, 3.63) is 0 Å². The van der Waals surface area contributed by atoms with Gasteiger partial charge in [0.05, 0.1) is 18.1 Å². The van der Waals surface area contributed by atoms with Gasteiger partial charge in [-0.2, -0.15) is 0 Å². The van der Waals surface area contributed by atoms with Crippen LogP contribution in [-0.2, 0) is 9.53 Å². The minimum atomic E-state index is -0.00900. The molecule has 0 aromatic carbocycles. The van der Waals surface area contributed by atoms with Crippen LogP contribution in [0.1, 0.15) is 53.4 Å². The van der Waals surface area contributed by atoms with Crippen molar-refractivity contribution in [1.82, 2.24) is 4.90 Å². The van der Waals surface area contributed by atoms with Crippen LogP contribution in [-0.4, -0.2) is 42.0 Å². The molecule has 1 amide bonds. The van der Waals surface area contributed by atoms with Crippen LogP contribution < -0.4 is 0 Å². The Balaban J connectivity index is 1.89. The molecule has 1 aliphatic heterocycles. The van der Waals surface area contributed by atoms with Gasteiger partial charge in [-0.3, -0.25) is 4.79 Å². The van der Waals surface area contributed by atoms with Gasteiger partial charge >= 0.3 is 0 Å². The largest absolute Gasteiger partial charge is 0.370 e. The van der Waals surface area contributed by atoms with E-state index in [0.29, 0.717) is 30.3 Å². The lowest BCUT2D eigenvalue weighted by Gasteiger charge is -2.41. The zero-order valence-electron chi connectivity index (χ0n) is 13.9. The molecule has 0 bridgehead atoms. The molecule has 21 heavy (non-hydrogen) atoms. The van der Waals surface area contributed by atoms with E-state index >= 15 is 0 Å². The van der Waals surface area contributed by atoms with E-state index in [9.17, 15) is 4.79 Å². The van der Waals surface area contributed by atoms with Gasteiger partial charge in [-0.15, -0.1) is 11.6 Å². The Morgan fingerprint density at radius 2 is 1.81 bits per heavy atom. The predicted molar refractivity (Wildman–Crippen MR) is 86.5 cm³/mol. The molecule has 0 aromatic heterocycles. The minimum Gasteiger partial charge on any atom is -0.370 e. The summed E-state index contributed by atoms with van der Waals surface area (Å²) in [4.78, 5) is 14.7. The predicted octanol–water partition coefficient (Wildman–Crippen LogP) is 3.69. The molecular formula is C17H30ClNO2. The van der Waals surface area contributed by atoms with Gasteiger partial charge in [0.2, 0.25) is 5.91 Å². The van der Waals surface area contributed by atoms with Crippen molar-refractivity contribution in [1.29, 1.82) is 0 Å². The smallest absolute Gasteiger partial charge is 0.225 e. The molecule has 2 fully saturated rings. The van der Waals surface area contributed by atoms with Gasteiger partial charge in [-0.05, 0) is 43.9 Å². The molecule has 0 N–H and O–H groups in total. The molecule has 1 saturated heterocycles. The summed E-state index contributed by atoms with van der Waals surface area (Å²) in [6.45, 7) is 10.3. The highest BCUT2D eigenvalue weighted by Gasteiger charge is 2.36. The zero-order valence-corrected chi connectivity index (χ0v) is 14.7. The van der Waals surface area contributed by atoms with Crippen molar-refractivity contribution in [3.63, 3.8) is 0 Å². The van der Waals surface area contributed by atoms with Gasteiger partial charge in [-0.1, -0.05) is 20.8 Å². The van der Waals surface area contributed by atoms with E-state index in [1.54, 1.807) is 0 Å². The van der Waals surface area contributed by atoms with E-state index in [1.165, 1.54) is 12.8 Å². The van der Waals surface area contributed by atoms with Gasteiger partial charge in [0.25, 0.3) is 0 Å². The lowest BCUT2D eigenvalue weighted by atomic mass is 9.69. The van der Waals surface area contributed by atoms with Crippen LogP contribution in [0.3, 0.4) is 0 Å². The summed E-state index contributed by atoms with van der Waals surface area (Å²) in [7, 11) is 0. The van der Waals surface area contributed by atoms with Crippen LogP contribution in [0.2, 0.25) is 0 Å². The number of halogens is 1. The first-order chi connectivity index (χ1) is 9.81. The van der Waals surface area contributed by atoms with Crippen LogP contribution in [0, 0.1) is 17.3 Å². The molecule has 122 valence electrons. The summed E-state index contributed by atoms with van der Waals surface area (Å²) in [5, 5.41) is 0. The van der Waals surface area contributed by atoms with Gasteiger partial charge in [0.1, 0.15) is 0 Å². The van der Waals surface area contributed by atoms with Gasteiger partial charge in [0, 0.05) is 19.0 Å². The van der Waals surface area contributed by atoms with Gasteiger partial charge in [0.15, 0.2) is 0 Å². The van der Waals surface area contributed by atoms with Crippen LogP contribution in [0.5, 0.6) is 0 Å². The highest BCUT2D eigenvalue weighted by Crippen LogP contribution is 2.40. The summed E-state index contributed by atoms with van der Waals surface area (Å²) in [6, 6.07) is 0. The Kier molecular flexibility index (Phi) is 5.59. The summed E-state index contributed by atoms with van der Waals surface area (Å²) in [5.41, 5.74) is 0.366. The first kappa shape index (κ1) is 17.1. The molecule has 2 atom stereocenters. The molecule has 0 aromatic rings. The first-order valence-corrected chi connectivity index (χ1v) is 8.85. The maximum atomic E-state index is 12.7. The molecule has 0 spiro atoms. The van der Waals surface area contributed by atoms with Crippen molar-refractivity contribution in [2.24, 2.45) is 17.3 Å². The Hall–Kier alpha value is -0.280. The zero-order chi connectivity index (χ0) is 15.6. The number of rotatable bonds is 2. The average molecular weight is 316 g/mol. The number of morpholine rings is 1. The quantitative estimate of drug-likeness (QED) is 0.727. The standard InChI is InChI=1S/C17H30ClNO2/c1-12-10-19(11-15(9-18)21-12)16(20)13-5-7-14(8-6-13)17(2,3)4/h12-15H,5-11H2,1-4H3. The molecule has 2 unspecified atom stereocenters. The minimum absolute atomic E-state index is 0.00900.